The molecule has 1 N–H and O–H groups in total. The number of halogens is 2. The van der Waals surface area contributed by atoms with Crippen LogP contribution in [-0.4, -0.2) is 13.3 Å². The second kappa shape index (κ2) is 9.31. The minimum absolute atomic E-state index is 0.433. The van der Waals surface area contributed by atoms with Gasteiger partial charge >= 0.3 is 0 Å². The molecule has 6 heteroatoms. The highest BCUT2D eigenvalue weighted by atomic mass is 35.5. The number of rotatable bonds is 7. The summed E-state index contributed by atoms with van der Waals surface area (Å²) >= 11 is 11.9. The number of hydrogen-bond acceptors (Lipinski definition) is 4. The average Bonchev–Trinajstić information content (AvgIpc) is 2.70. The predicted molar refractivity (Wildman–Crippen MR) is 111 cm³/mol. The van der Waals surface area contributed by atoms with E-state index >= 15 is 0 Å². The smallest absolute Gasteiger partial charge is 0.170 e. The third-order valence-corrected chi connectivity index (χ3v) is 4.51. The van der Waals surface area contributed by atoms with Gasteiger partial charge in [-0.25, -0.2) is 0 Å². The normalized spacial score (nSPS) is 10.8. The van der Waals surface area contributed by atoms with Crippen LogP contribution in [0.25, 0.3) is 0 Å². The Morgan fingerprint density at radius 2 is 1.78 bits per heavy atom. The molecule has 0 bridgehead atoms. The first-order chi connectivity index (χ1) is 13.2. The quantitative estimate of drug-likeness (QED) is 0.389. The zero-order valence-electron chi connectivity index (χ0n) is 14.7. The number of hydrogen-bond donors (Lipinski definition) is 1. The molecular formula is C21H18Cl2N2O2. The number of anilines is 1. The summed E-state index contributed by atoms with van der Waals surface area (Å²) in [7, 11) is 1.61. The van der Waals surface area contributed by atoms with Crippen LogP contribution < -0.4 is 14.9 Å². The fourth-order valence-corrected chi connectivity index (χ4v) is 2.72. The maximum atomic E-state index is 6.01. The molecule has 138 valence electrons. The third-order valence-electron chi connectivity index (χ3n) is 3.77. The molecule has 3 aromatic rings. The number of nitrogens with zero attached hydrogens (tertiary/aromatic N) is 1. The van der Waals surface area contributed by atoms with Gasteiger partial charge in [-0.15, -0.1) is 0 Å². The van der Waals surface area contributed by atoms with Crippen molar-refractivity contribution in [1.29, 1.82) is 0 Å². The summed E-state index contributed by atoms with van der Waals surface area (Å²) in [5.74, 6) is 1.27. The van der Waals surface area contributed by atoms with Gasteiger partial charge in [0.05, 0.1) is 29.1 Å². The third kappa shape index (κ3) is 5.16. The Morgan fingerprint density at radius 1 is 0.963 bits per heavy atom. The van der Waals surface area contributed by atoms with E-state index in [4.69, 9.17) is 32.7 Å². The molecule has 0 unspecified atom stereocenters. The van der Waals surface area contributed by atoms with Crippen molar-refractivity contribution in [3.8, 4) is 11.5 Å². The molecule has 0 saturated heterocycles. The van der Waals surface area contributed by atoms with Crippen molar-refractivity contribution in [3.05, 3.63) is 87.9 Å². The molecule has 0 aromatic heterocycles. The Bertz CT molecular complexity index is 931. The van der Waals surface area contributed by atoms with E-state index in [1.54, 1.807) is 31.5 Å². The van der Waals surface area contributed by atoms with Crippen molar-refractivity contribution in [2.75, 3.05) is 12.5 Å². The van der Waals surface area contributed by atoms with E-state index in [1.807, 2.05) is 48.5 Å². The highest BCUT2D eigenvalue weighted by Gasteiger charge is 2.09. The number of hydrazone groups is 1. The molecular weight excluding hydrogens is 383 g/mol. The van der Waals surface area contributed by atoms with Gasteiger partial charge in [0.15, 0.2) is 11.5 Å². The zero-order valence-corrected chi connectivity index (χ0v) is 16.2. The van der Waals surface area contributed by atoms with Crippen LogP contribution in [0.4, 0.5) is 5.69 Å². The Morgan fingerprint density at radius 3 is 2.52 bits per heavy atom. The Kier molecular flexibility index (Phi) is 6.58. The number of para-hydroxylation sites is 1. The first-order valence-electron chi connectivity index (χ1n) is 8.25. The Balaban J connectivity index is 1.76. The molecule has 0 aliphatic rings. The van der Waals surface area contributed by atoms with Crippen molar-refractivity contribution in [3.63, 3.8) is 0 Å². The van der Waals surface area contributed by atoms with Crippen LogP contribution in [0.2, 0.25) is 10.0 Å². The van der Waals surface area contributed by atoms with Crippen LogP contribution in [0.1, 0.15) is 11.1 Å². The minimum Gasteiger partial charge on any atom is -0.493 e. The molecule has 3 aromatic carbocycles. The summed E-state index contributed by atoms with van der Waals surface area (Å²) in [6.07, 6.45) is 1.67. The molecule has 0 aliphatic carbocycles. The summed E-state index contributed by atoms with van der Waals surface area (Å²) < 4.78 is 11.4. The Hall–Kier alpha value is -2.69. The van der Waals surface area contributed by atoms with Crippen molar-refractivity contribution in [2.45, 2.75) is 6.61 Å². The van der Waals surface area contributed by atoms with Crippen LogP contribution in [0, 0.1) is 0 Å². The maximum Gasteiger partial charge on any atom is 0.170 e. The van der Waals surface area contributed by atoms with Crippen molar-refractivity contribution >= 4 is 35.1 Å². The topological polar surface area (TPSA) is 42.8 Å². The second-order valence-electron chi connectivity index (χ2n) is 5.65. The summed E-state index contributed by atoms with van der Waals surface area (Å²) in [4.78, 5) is 0. The van der Waals surface area contributed by atoms with Crippen LogP contribution in [-0.2, 0) is 6.61 Å². The molecule has 0 amide bonds. The zero-order chi connectivity index (χ0) is 19.1. The summed E-state index contributed by atoms with van der Waals surface area (Å²) in [5.41, 5.74) is 5.52. The first kappa shape index (κ1) is 19.1. The molecule has 0 radical (unpaired) electrons. The molecule has 27 heavy (non-hydrogen) atoms. The lowest BCUT2D eigenvalue weighted by molar-refractivity contribution is 0.284. The fourth-order valence-electron chi connectivity index (χ4n) is 2.42. The maximum absolute atomic E-state index is 6.01. The fraction of sp³-hybridized carbons (Fsp3) is 0.0952. The number of methoxy groups -OCH3 is 1. The molecule has 4 nitrogen and oxygen atoms in total. The molecule has 3 rings (SSSR count). The van der Waals surface area contributed by atoms with Crippen LogP contribution >= 0.6 is 23.2 Å². The second-order valence-corrected chi connectivity index (χ2v) is 6.47. The lowest BCUT2D eigenvalue weighted by Crippen LogP contribution is -2.01. The lowest BCUT2D eigenvalue weighted by atomic mass is 10.2. The van der Waals surface area contributed by atoms with Crippen LogP contribution in [0.15, 0.2) is 71.8 Å². The van der Waals surface area contributed by atoms with Gasteiger partial charge in [-0.3, -0.25) is 5.43 Å². The molecule has 0 saturated carbocycles. The van der Waals surface area contributed by atoms with Gasteiger partial charge in [-0.2, -0.15) is 5.10 Å². The Labute approximate surface area is 168 Å². The predicted octanol–water partition coefficient (Wildman–Crippen LogP) is 6.03. The number of ether oxygens (including phenoxy) is 2. The van der Waals surface area contributed by atoms with Crippen molar-refractivity contribution < 1.29 is 9.47 Å². The SMILES string of the molecule is COc1cccc(C=NNc2ccc(Cl)c(Cl)c2)c1OCc1ccccc1. The van der Waals surface area contributed by atoms with E-state index in [0.29, 0.717) is 28.2 Å². The highest BCUT2D eigenvalue weighted by molar-refractivity contribution is 6.42. The van der Waals surface area contributed by atoms with E-state index in [-0.39, 0.29) is 0 Å². The van der Waals surface area contributed by atoms with Gasteiger partial charge in [0.1, 0.15) is 6.61 Å². The average molecular weight is 401 g/mol. The first-order valence-corrected chi connectivity index (χ1v) is 9.01. The van der Waals surface area contributed by atoms with Gasteiger partial charge in [-0.1, -0.05) is 59.6 Å². The van der Waals surface area contributed by atoms with E-state index in [9.17, 15) is 0 Å². The summed E-state index contributed by atoms with van der Waals surface area (Å²) in [6.45, 7) is 0.433. The summed E-state index contributed by atoms with van der Waals surface area (Å²) in [5, 5.41) is 5.22. The van der Waals surface area contributed by atoms with Crippen molar-refractivity contribution in [2.24, 2.45) is 5.10 Å². The van der Waals surface area contributed by atoms with Gasteiger partial charge in [0.25, 0.3) is 0 Å². The van der Waals surface area contributed by atoms with Crippen LogP contribution in [0.5, 0.6) is 11.5 Å². The van der Waals surface area contributed by atoms with Crippen molar-refractivity contribution in [1.82, 2.24) is 0 Å². The number of benzene rings is 3. The standard InChI is InChI=1S/C21H18Cl2N2O2/c1-26-20-9-5-8-16(21(20)27-14-15-6-3-2-4-7-15)13-24-25-17-10-11-18(22)19(23)12-17/h2-13,25H,14H2,1H3. The lowest BCUT2D eigenvalue weighted by Gasteiger charge is -2.13. The van der Waals surface area contributed by atoms with E-state index < -0.39 is 0 Å². The van der Waals surface area contributed by atoms with Crippen LogP contribution in [0.3, 0.4) is 0 Å². The largest absolute Gasteiger partial charge is 0.493 e. The summed E-state index contributed by atoms with van der Waals surface area (Å²) in [6, 6.07) is 20.8. The van der Waals surface area contributed by atoms with E-state index in [1.165, 1.54) is 0 Å². The molecule has 0 atom stereocenters. The molecule has 0 aliphatic heterocycles. The van der Waals surface area contributed by atoms with Gasteiger partial charge in [0, 0.05) is 5.56 Å². The minimum atomic E-state index is 0.433. The van der Waals surface area contributed by atoms with Gasteiger partial charge in [-0.05, 0) is 35.9 Å². The highest BCUT2D eigenvalue weighted by Crippen LogP contribution is 2.31. The van der Waals surface area contributed by atoms with Gasteiger partial charge in [0.2, 0.25) is 0 Å². The molecule has 0 fully saturated rings. The van der Waals surface area contributed by atoms with E-state index in [0.717, 1.165) is 16.8 Å². The number of nitrogens with one attached hydrogen (secondary N) is 1. The monoisotopic (exact) mass is 400 g/mol. The van der Waals surface area contributed by atoms with Gasteiger partial charge < -0.3 is 9.47 Å². The molecule has 0 spiro atoms. The molecule has 0 heterocycles. The van der Waals surface area contributed by atoms with E-state index in [2.05, 4.69) is 10.5 Å².